The summed E-state index contributed by atoms with van der Waals surface area (Å²) >= 11 is 0. The largest absolute Gasteiger partial charge is 0.515 e. The van der Waals surface area contributed by atoms with E-state index in [4.69, 9.17) is 0 Å². The van der Waals surface area contributed by atoms with Crippen molar-refractivity contribution in [3.8, 4) is 0 Å². The Balaban J connectivity index is 1.68. The van der Waals surface area contributed by atoms with Gasteiger partial charge < -0.3 is 10.1 Å². The molecule has 124 valence electrons. The molecule has 4 aliphatic rings. The number of aliphatic hydroxyl groups excluding tert-OH is 1. The van der Waals surface area contributed by atoms with E-state index in [0.717, 1.165) is 40.5 Å². The van der Waals surface area contributed by atoms with E-state index in [9.17, 15) is 5.11 Å². The maximum absolute atomic E-state index is 9.72. The van der Waals surface area contributed by atoms with Crippen molar-refractivity contribution in [2.75, 3.05) is 0 Å². The van der Waals surface area contributed by atoms with Crippen molar-refractivity contribution in [3.05, 3.63) is 95.0 Å². The Labute approximate surface area is 149 Å². The maximum Gasteiger partial charge on any atom is 0.0907 e. The molecule has 5 rings (SSSR count). The second-order valence-corrected chi connectivity index (χ2v) is 6.15. The van der Waals surface area contributed by atoms with Crippen LogP contribution in [0.3, 0.4) is 0 Å². The predicted molar refractivity (Wildman–Crippen MR) is 105 cm³/mol. The number of hydrogen-bond acceptors (Lipinski definition) is 4. The highest BCUT2D eigenvalue weighted by molar-refractivity contribution is 6.33. The molecule has 0 atom stereocenters. The first-order valence-corrected chi connectivity index (χ1v) is 8.26. The minimum absolute atomic E-state index is 0.591. The molecule has 8 bridgehead atoms. The molecule has 5 heterocycles. The first kappa shape index (κ1) is 14.6. The van der Waals surface area contributed by atoms with Crippen molar-refractivity contribution in [2.45, 2.75) is 0 Å². The SMILES string of the molecule is OC=C1C2=NC(=CC3=NC(=Cc4ccc([nH]4)C=C4C=CC1=N4)C=C3)C=C2. The summed E-state index contributed by atoms with van der Waals surface area (Å²) in [5, 5.41) is 9.72. The second-order valence-electron chi connectivity index (χ2n) is 6.15. The van der Waals surface area contributed by atoms with Gasteiger partial charge >= 0.3 is 0 Å². The monoisotopic (exact) mass is 338 g/mol. The van der Waals surface area contributed by atoms with Crippen LogP contribution in [0.2, 0.25) is 0 Å². The van der Waals surface area contributed by atoms with Gasteiger partial charge in [-0.15, -0.1) is 0 Å². The van der Waals surface area contributed by atoms with Crippen molar-refractivity contribution >= 4 is 29.3 Å². The quantitative estimate of drug-likeness (QED) is 0.688. The van der Waals surface area contributed by atoms with E-state index in [1.165, 1.54) is 0 Å². The summed E-state index contributed by atoms with van der Waals surface area (Å²) in [6.07, 6.45) is 18.4. The molecular formula is C21H14N4O. The number of allylic oxidation sites excluding steroid dienone is 8. The normalized spacial score (nSPS) is 21.5. The number of aliphatic imine (C=N–C) groups is 3. The molecule has 5 nitrogen and oxygen atoms in total. The molecule has 0 fully saturated rings. The molecule has 0 amide bonds. The van der Waals surface area contributed by atoms with E-state index < -0.39 is 0 Å². The number of H-pyrrole nitrogens is 1. The van der Waals surface area contributed by atoms with Gasteiger partial charge in [-0.3, -0.25) is 0 Å². The molecule has 0 unspecified atom stereocenters. The number of rotatable bonds is 0. The standard InChI is InChI=1S/C21H14N4O/c26-12-19-20-7-5-17(24-20)10-15-3-1-13(22-15)9-14-2-4-16(23-14)11-18-6-8-21(19)25-18/h1-12,22,26H. The predicted octanol–water partition coefficient (Wildman–Crippen LogP) is 4.07. The zero-order valence-corrected chi connectivity index (χ0v) is 13.7. The van der Waals surface area contributed by atoms with Crippen LogP contribution in [-0.2, 0) is 0 Å². The molecule has 1 aromatic rings. The van der Waals surface area contributed by atoms with Crippen molar-refractivity contribution in [3.63, 3.8) is 0 Å². The highest BCUT2D eigenvalue weighted by atomic mass is 16.2. The Kier molecular flexibility index (Phi) is 3.18. The van der Waals surface area contributed by atoms with Gasteiger partial charge in [-0.1, -0.05) is 0 Å². The molecule has 0 saturated carbocycles. The summed E-state index contributed by atoms with van der Waals surface area (Å²) in [6.45, 7) is 0. The van der Waals surface area contributed by atoms with Gasteiger partial charge in [-0.05, 0) is 66.8 Å². The van der Waals surface area contributed by atoms with Gasteiger partial charge in [0, 0.05) is 11.4 Å². The van der Waals surface area contributed by atoms with Crippen molar-refractivity contribution < 1.29 is 5.11 Å². The van der Waals surface area contributed by atoms with Crippen LogP contribution in [0, 0.1) is 0 Å². The van der Waals surface area contributed by atoms with Crippen LogP contribution in [-0.4, -0.2) is 27.2 Å². The van der Waals surface area contributed by atoms with Gasteiger partial charge in [0.1, 0.15) is 0 Å². The fraction of sp³-hybridized carbons (Fsp3) is 0. The van der Waals surface area contributed by atoms with Gasteiger partial charge in [0.2, 0.25) is 0 Å². The molecule has 0 aromatic carbocycles. The zero-order valence-electron chi connectivity index (χ0n) is 13.7. The average molecular weight is 338 g/mol. The summed E-state index contributed by atoms with van der Waals surface area (Å²) in [7, 11) is 0. The summed E-state index contributed by atoms with van der Waals surface area (Å²) < 4.78 is 0. The summed E-state index contributed by atoms with van der Waals surface area (Å²) in [5.41, 5.74) is 7.21. The first-order chi connectivity index (χ1) is 12.8. The average Bonchev–Trinajstić information content (AvgIpc) is 3.39. The van der Waals surface area contributed by atoms with Gasteiger partial charge in [0.25, 0.3) is 0 Å². The summed E-state index contributed by atoms with van der Waals surface area (Å²) in [4.78, 5) is 17.1. The lowest BCUT2D eigenvalue weighted by atomic mass is 10.1. The van der Waals surface area contributed by atoms with Gasteiger partial charge in [-0.25, -0.2) is 15.0 Å². The lowest BCUT2D eigenvalue weighted by Crippen LogP contribution is -2.07. The molecule has 4 aliphatic heterocycles. The molecule has 1 aromatic heterocycles. The van der Waals surface area contributed by atoms with Crippen LogP contribution in [0.1, 0.15) is 11.4 Å². The number of fused-ring (bicyclic) bond motifs is 5. The molecule has 0 radical (unpaired) electrons. The van der Waals surface area contributed by atoms with Gasteiger partial charge in [0.15, 0.2) is 0 Å². The van der Waals surface area contributed by atoms with E-state index in [1.54, 1.807) is 0 Å². The Morgan fingerprint density at radius 2 is 1.27 bits per heavy atom. The Morgan fingerprint density at radius 1 is 0.692 bits per heavy atom. The van der Waals surface area contributed by atoms with E-state index in [1.807, 2.05) is 66.8 Å². The van der Waals surface area contributed by atoms with Crippen LogP contribution in [0.15, 0.2) is 98.6 Å². The summed E-state index contributed by atoms with van der Waals surface area (Å²) in [5.74, 6) is 0. The molecule has 0 aliphatic carbocycles. The molecule has 0 saturated heterocycles. The number of aromatic amines is 1. The van der Waals surface area contributed by atoms with E-state index in [-0.39, 0.29) is 0 Å². The number of aromatic nitrogens is 1. The van der Waals surface area contributed by atoms with Crippen LogP contribution in [0.5, 0.6) is 0 Å². The number of aliphatic hydroxyl groups is 1. The number of hydrogen-bond donors (Lipinski definition) is 2. The third-order valence-electron chi connectivity index (χ3n) is 4.32. The fourth-order valence-corrected chi connectivity index (χ4v) is 3.10. The molecular weight excluding hydrogens is 324 g/mol. The minimum Gasteiger partial charge on any atom is -0.515 e. The van der Waals surface area contributed by atoms with Crippen LogP contribution in [0.25, 0.3) is 12.2 Å². The molecule has 0 spiro atoms. The number of nitrogens with zero attached hydrogens (tertiary/aromatic N) is 3. The van der Waals surface area contributed by atoms with Crippen molar-refractivity contribution in [1.29, 1.82) is 0 Å². The second kappa shape index (κ2) is 5.67. The van der Waals surface area contributed by atoms with Crippen LogP contribution in [0.4, 0.5) is 0 Å². The maximum atomic E-state index is 9.72. The number of nitrogens with one attached hydrogen (secondary N) is 1. The highest BCUT2D eigenvalue weighted by Gasteiger charge is 2.18. The lowest BCUT2D eigenvalue weighted by molar-refractivity contribution is 0.472. The first-order valence-electron chi connectivity index (χ1n) is 8.26. The minimum atomic E-state index is 0.591. The highest BCUT2D eigenvalue weighted by Crippen LogP contribution is 2.23. The molecule has 5 heteroatoms. The summed E-state index contributed by atoms with van der Waals surface area (Å²) in [6, 6.07) is 4.01. The zero-order chi connectivity index (χ0) is 17.5. The van der Waals surface area contributed by atoms with Crippen LogP contribution >= 0.6 is 0 Å². The van der Waals surface area contributed by atoms with Crippen molar-refractivity contribution in [1.82, 2.24) is 4.98 Å². The van der Waals surface area contributed by atoms with E-state index >= 15 is 0 Å². The smallest absolute Gasteiger partial charge is 0.0907 e. The Morgan fingerprint density at radius 3 is 1.92 bits per heavy atom. The molecule has 2 N–H and O–H groups in total. The topological polar surface area (TPSA) is 73.1 Å². The van der Waals surface area contributed by atoms with Gasteiger partial charge in [-0.2, -0.15) is 0 Å². The lowest BCUT2D eigenvalue weighted by Gasteiger charge is -2.02. The Bertz CT molecular complexity index is 1120. The van der Waals surface area contributed by atoms with E-state index in [0.29, 0.717) is 17.0 Å². The van der Waals surface area contributed by atoms with Crippen LogP contribution < -0.4 is 0 Å². The van der Waals surface area contributed by atoms with Gasteiger partial charge in [0.05, 0.1) is 46.1 Å². The fourth-order valence-electron chi connectivity index (χ4n) is 3.10. The third-order valence-corrected chi connectivity index (χ3v) is 4.32. The molecule has 26 heavy (non-hydrogen) atoms. The third kappa shape index (κ3) is 2.56. The Hall–Kier alpha value is -3.73. The van der Waals surface area contributed by atoms with Crippen molar-refractivity contribution in [2.24, 2.45) is 15.0 Å². The van der Waals surface area contributed by atoms with E-state index in [2.05, 4.69) is 20.0 Å².